The maximum Gasteiger partial charge on any atom is 0.340 e. The van der Waals surface area contributed by atoms with Gasteiger partial charge < -0.3 is 10.1 Å². The molecule has 0 bridgehead atoms. The third-order valence-electron chi connectivity index (χ3n) is 3.10. The molecule has 0 radical (unpaired) electrons. The van der Waals surface area contributed by atoms with Crippen molar-refractivity contribution in [2.24, 2.45) is 0 Å². The van der Waals surface area contributed by atoms with E-state index in [-0.39, 0.29) is 5.69 Å². The predicted octanol–water partition coefficient (Wildman–Crippen LogP) is 1.84. The highest BCUT2D eigenvalue weighted by Crippen LogP contribution is 2.28. The third kappa shape index (κ3) is 2.78. The fraction of sp³-hybridized carbons (Fsp3) is 0.214. The van der Waals surface area contributed by atoms with Crippen molar-refractivity contribution in [3.63, 3.8) is 0 Å². The van der Waals surface area contributed by atoms with E-state index in [0.717, 1.165) is 4.88 Å². The van der Waals surface area contributed by atoms with E-state index in [1.807, 2.05) is 6.92 Å². The summed E-state index contributed by atoms with van der Waals surface area (Å²) in [6, 6.07) is 3.28. The predicted molar refractivity (Wildman–Crippen MR) is 83.9 cm³/mol. The van der Waals surface area contributed by atoms with Gasteiger partial charge in [-0.2, -0.15) is 14.6 Å². The second-order valence-corrected chi connectivity index (χ2v) is 6.06. The summed E-state index contributed by atoms with van der Waals surface area (Å²) >= 11 is 1.30. The highest BCUT2D eigenvalue weighted by atomic mass is 32.1. The molecule has 23 heavy (non-hydrogen) atoms. The number of carbonyl (C=O) groups excluding carboxylic acids is 2. The molecule has 3 rings (SSSR count). The summed E-state index contributed by atoms with van der Waals surface area (Å²) in [6.07, 6.45) is 1.33. The lowest BCUT2D eigenvalue weighted by molar-refractivity contribution is 0.0602. The lowest BCUT2D eigenvalue weighted by atomic mass is 10.3. The molecule has 0 aliphatic heterocycles. The minimum Gasteiger partial charge on any atom is -0.465 e. The Labute approximate surface area is 135 Å². The number of nitrogens with zero attached hydrogens (tertiary/aromatic N) is 4. The van der Waals surface area contributed by atoms with Gasteiger partial charge in [-0.25, -0.2) is 9.78 Å². The monoisotopic (exact) mass is 331 g/mol. The Kier molecular flexibility index (Phi) is 3.78. The number of hydrogen-bond donors (Lipinski definition) is 1. The first kappa shape index (κ1) is 15.1. The van der Waals surface area contributed by atoms with Crippen LogP contribution in [0.15, 0.2) is 18.5 Å². The minimum atomic E-state index is -0.499. The molecule has 0 aromatic carbocycles. The maximum atomic E-state index is 12.6. The second kappa shape index (κ2) is 5.76. The summed E-state index contributed by atoms with van der Waals surface area (Å²) in [5.74, 6) is -0.565. The number of aryl methyl sites for hydroxylation is 2. The molecule has 0 saturated carbocycles. The van der Waals surface area contributed by atoms with Crippen LogP contribution in [0.3, 0.4) is 0 Å². The van der Waals surface area contributed by atoms with Gasteiger partial charge >= 0.3 is 5.97 Å². The van der Waals surface area contributed by atoms with Gasteiger partial charge in [0.05, 0.1) is 12.7 Å². The van der Waals surface area contributed by atoms with Crippen LogP contribution in [0.5, 0.6) is 0 Å². The van der Waals surface area contributed by atoms with Crippen LogP contribution < -0.4 is 5.32 Å². The van der Waals surface area contributed by atoms with Gasteiger partial charge in [-0.3, -0.25) is 4.79 Å². The Morgan fingerprint density at radius 2 is 2.09 bits per heavy atom. The van der Waals surface area contributed by atoms with Crippen molar-refractivity contribution in [3.05, 3.63) is 40.3 Å². The number of nitrogens with one attached hydrogen (secondary N) is 1. The van der Waals surface area contributed by atoms with Crippen molar-refractivity contribution < 1.29 is 14.3 Å². The smallest absolute Gasteiger partial charge is 0.340 e. The van der Waals surface area contributed by atoms with Gasteiger partial charge in [-0.05, 0) is 26.0 Å². The van der Waals surface area contributed by atoms with Crippen LogP contribution in [0.1, 0.15) is 31.4 Å². The highest BCUT2D eigenvalue weighted by Gasteiger charge is 2.20. The van der Waals surface area contributed by atoms with Crippen molar-refractivity contribution in [3.8, 4) is 0 Å². The highest BCUT2D eigenvalue weighted by molar-refractivity contribution is 7.16. The maximum absolute atomic E-state index is 12.6. The van der Waals surface area contributed by atoms with Crippen LogP contribution in [-0.4, -0.2) is 38.6 Å². The van der Waals surface area contributed by atoms with E-state index < -0.39 is 11.9 Å². The number of methoxy groups -OCH3 is 1. The Hall–Kier alpha value is -2.81. The molecule has 0 aliphatic rings. The fourth-order valence-electron chi connectivity index (χ4n) is 2.13. The molecule has 0 atom stereocenters. The van der Waals surface area contributed by atoms with Gasteiger partial charge in [0, 0.05) is 10.6 Å². The number of amides is 1. The fourth-order valence-corrected chi connectivity index (χ4v) is 3.02. The molecule has 0 saturated heterocycles. The minimum absolute atomic E-state index is 0.284. The summed E-state index contributed by atoms with van der Waals surface area (Å²) in [5, 5.41) is 7.16. The van der Waals surface area contributed by atoms with Crippen LogP contribution in [0.4, 0.5) is 5.00 Å². The number of hydrogen-bond acceptors (Lipinski definition) is 7. The van der Waals surface area contributed by atoms with Crippen LogP contribution >= 0.6 is 11.3 Å². The van der Waals surface area contributed by atoms with Crippen LogP contribution in [0.2, 0.25) is 0 Å². The van der Waals surface area contributed by atoms with Crippen molar-refractivity contribution in [2.75, 3.05) is 12.4 Å². The van der Waals surface area contributed by atoms with E-state index in [1.165, 1.54) is 29.3 Å². The number of anilines is 1. The van der Waals surface area contributed by atoms with Crippen LogP contribution in [-0.2, 0) is 4.74 Å². The molecular formula is C14H13N5O3S. The topological polar surface area (TPSA) is 98.5 Å². The zero-order valence-electron chi connectivity index (χ0n) is 12.7. The molecule has 3 aromatic heterocycles. The van der Waals surface area contributed by atoms with Crippen molar-refractivity contribution in [1.29, 1.82) is 0 Å². The van der Waals surface area contributed by atoms with E-state index in [2.05, 4.69) is 20.4 Å². The van der Waals surface area contributed by atoms with Gasteiger partial charge in [0.25, 0.3) is 11.7 Å². The molecule has 1 amide bonds. The molecule has 9 heteroatoms. The van der Waals surface area contributed by atoms with Crippen molar-refractivity contribution in [2.45, 2.75) is 13.8 Å². The average Bonchev–Trinajstić information content (AvgIpc) is 3.11. The standard InChI is InChI=1S/C14H13N5O3S/c1-7-4-10(19-14(17-7)15-6-16-19)11(20)18-12-9(13(21)22-3)5-8(2)23-12/h4-6H,1-3H3,(H,18,20). The SMILES string of the molecule is COC(=O)c1cc(C)sc1NC(=O)c1cc(C)nc2ncnn12. The first-order valence-corrected chi connectivity index (χ1v) is 7.48. The Morgan fingerprint density at radius 1 is 1.30 bits per heavy atom. The first-order valence-electron chi connectivity index (χ1n) is 6.67. The molecular weight excluding hydrogens is 318 g/mol. The lowest BCUT2D eigenvalue weighted by Crippen LogP contribution is -2.18. The Bertz CT molecular complexity index is 914. The van der Waals surface area contributed by atoms with E-state index in [1.54, 1.807) is 19.1 Å². The zero-order chi connectivity index (χ0) is 16.6. The summed E-state index contributed by atoms with van der Waals surface area (Å²) in [6.45, 7) is 3.61. The number of thiophene rings is 1. The van der Waals surface area contributed by atoms with Gasteiger partial charge in [0.1, 0.15) is 17.0 Å². The molecule has 0 fully saturated rings. The summed E-state index contributed by atoms with van der Waals surface area (Å²) < 4.78 is 6.08. The molecule has 3 heterocycles. The second-order valence-electron chi connectivity index (χ2n) is 4.80. The molecule has 0 unspecified atom stereocenters. The van der Waals surface area contributed by atoms with Crippen LogP contribution in [0.25, 0.3) is 5.78 Å². The average molecular weight is 331 g/mol. The van der Waals surface area contributed by atoms with E-state index in [9.17, 15) is 9.59 Å². The third-order valence-corrected chi connectivity index (χ3v) is 4.07. The van der Waals surface area contributed by atoms with E-state index >= 15 is 0 Å². The molecule has 1 N–H and O–H groups in total. The van der Waals surface area contributed by atoms with Crippen LogP contribution in [0, 0.1) is 13.8 Å². The molecule has 8 nitrogen and oxygen atoms in total. The molecule has 0 spiro atoms. The van der Waals surface area contributed by atoms with Gasteiger partial charge in [-0.1, -0.05) is 0 Å². The summed E-state index contributed by atoms with van der Waals surface area (Å²) in [7, 11) is 1.30. The summed E-state index contributed by atoms with van der Waals surface area (Å²) in [5.41, 5.74) is 1.25. The number of carbonyl (C=O) groups is 2. The number of aromatic nitrogens is 4. The van der Waals surface area contributed by atoms with Gasteiger partial charge in [0.2, 0.25) is 0 Å². The molecule has 118 valence electrons. The van der Waals surface area contributed by atoms with Gasteiger partial charge in [-0.15, -0.1) is 11.3 Å². The number of rotatable bonds is 3. The first-order chi connectivity index (χ1) is 11.0. The Balaban J connectivity index is 1.99. The van der Waals surface area contributed by atoms with Crippen molar-refractivity contribution >= 4 is 34.0 Å². The van der Waals surface area contributed by atoms with E-state index in [0.29, 0.717) is 22.0 Å². The largest absolute Gasteiger partial charge is 0.465 e. The number of esters is 1. The molecule has 0 aliphatic carbocycles. The normalized spacial score (nSPS) is 10.7. The quantitative estimate of drug-likeness (QED) is 0.735. The number of ether oxygens (including phenoxy) is 1. The number of fused-ring (bicyclic) bond motifs is 1. The summed E-state index contributed by atoms with van der Waals surface area (Å²) in [4.78, 5) is 33.4. The zero-order valence-corrected chi connectivity index (χ0v) is 13.5. The van der Waals surface area contributed by atoms with Gasteiger partial charge in [0.15, 0.2) is 0 Å². The van der Waals surface area contributed by atoms with Crippen molar-refractivity contribution in [1.82, 2.24) is 19.6 Å². The van der Waals surface area contributed by atoms with E-state index in [4.69, 9.17) is 4.74 Å². The lowest BCUT2D eigenvalue weighted by Gasteiger charge is -2.07. The Morgan fingerprint density at radius 3 is 2.83 bits per heavy atom. The molecule has 3 aromatic rings.